The molecule has 4 rings (SSSR count). The van der Waals surface area contributed by atoms with Gasteiger partial charge in [0, 0.05) is 29.6 Å². The van der Waals surface area contributed by atoms with Gasteiger partial charge in [0.1, 0.15) is 10.8 Å². The summed E-state index contributed by atoms with van der Waals surface area (Å²) in [4.78, 5) is 22.8. The van der Waals surface area contributed by atoms with Crippen molar-refractivity contribution in [3.8, 4) is 0 Å². The third-order valence-electron chi connectivity index (χ3n) is 5.02. The van der Waals surface area contributed by atoms with Crippen LogP contribution in [-0.4, -0.2) is 25.7 Å². The molecule has 0 saturated carbocycles. The van der Waals surface area contributed by atoms with E-state index in [1.807, 2.05) is 19.1 Å². The van der Waals surface area contributed by atoms with Crippen molar-refractivity contribution < 1.29 is 4.79 Å². The molecule has 0 fully saturated rings. The maximum absolute atomic E-state index is 13.2. The van der Waals surface area contributed by atoms with E-state index in [1.54, 1.807) is 47.7 Å². The summed E-state index contributed by atoms with van der Waals surface area (Å²) in [5, 5.41) is 8.08. The largest absolute Gasteiger partial charge is 0.307 e. The molecule has 31 heavy (non-hydrogen) atoms. The molecule has 7 heteroatoms. The first-order valence-electron chi connectivity index (χ1n) is 9.98. The summed E-state index contributed by atoms with van der Waals surface area (Å²) in [6.07, 6.45) is 6.89. The molecule has 1 aromatic carbocycles. The Morgan fingerprint density at radius 2 is 1.84 bits per heavy atom. The second-order valence-electron chi connectivity index (χ2n) is 7.30. The normalized spacial score (nSPS) is 11.8. The first kappa shape index (κ1) is 20.8. The van der Waals surface area contributed by atoms with E-state index >= 15 is 0 Å². The van der Waals surface area contributed by atoms with Crippen molar-refractivity contribution in [2.24, 2.45) is 0 Å². The lowest BCUT2D eigenvalue weighted by atomic mass is 10.1. The van der Waals surface area contributed by atoms with Crippen molar-refractivity contribution >= 4 is 23.5 Å². The molecule has 0 spiro atoms. The molecule has 1 N–H and O–H groups in total. The molecular weight excluding hydrogens is 406 g/mol. The molecule has 1 amide bonds. The minimum absolute atomic E-state index is 0.0498. The molecule has 0 aliphatic heterocycles. The van der Waals surface area contributed by atoms with Crippen molar-refractivity contribution in [3.63, 3.8) is 0 Å². The van der Waals surface area contributed by atoms with Crippen LogP contribution in [0.15, 0.2) is 83.2 Å². The number of nitrogens with zero attached hydrogens (tertiary/aromatic N) is 4. The Morgan fingerprint density at radius 1 is 1.03 bits per heavy atom. The molecular formula is C24H23N5OS. The van der Waals surface area contributed by atoms with Crippen LogP contribution < -0.4 is 5.32 Å². The van der Waals surface area contributed by atoms with Crippen molar-refractivity contribution in [2.45, 2.75) is 36.7 Å². The number of aromatic nitrogens is 4. The monoisotopic (exact) mass is 429 g/mol. The SMILES string of the molecule is Cc1ccc(Sc2ncccc2C(=O)Nc2ccnn2C(C)c2ccncc2)c(C)c1. The van der Waals surface area contributed by atoms with Crippen LogP contribution in [0.2, 0.25) is 0 Å². The molecule has 156 valence electrons. The lowest BCUT2D eigenvalue weighted by Crippen LogP contribution is -2.19. The van der Waals surface area contributed by atoms with Gasteiger partial charge in [-0.15, -0.1) is 0 Å². The fourth-order valence-electron chi connectivity index (χ4n) is 3.35. The molecule has 1 unspecified atom stereocenters. The zero-order valence-corrected chi connectivity index (χ0v) is 18.4. The Bertz CT molecular complexity index is 1210. The molecule has 3 aromatic heterocycles. The van der Waals surface area contributed by atoms with Crippen LogP contribution in [0, 0.1) is 13.8 Å². The van der Waals surface area contributed by atoms with Gasteiger partial charge in [-0.3, -0.25) is 9.78 Å². The van der Waals surface area contributed by atoms with E-state index in [2.05, 4.69) is 52.4 Å². The predicted molar refractivity (Wildman–Crippen MR) is 123 cm³/mol. The third-order valence-corrected chi connectivity index (χ3v) is 6.22. The van der Waals surface area contributed by atoms with E-state index < -0.39 is 0 Å². The van der Waals surface area contributed by atoms with E-state index in [1.165, 1.54) is 17.3 Å². The fourth-order valence-corrected chi connectivity index (χ4v) is 4.30. The molecule has 0 bridgehead atoms. The van der Waals surface area contributed by atoms with E-state index in [0.29, 0.717) is 16.4 Å². The first-order chi connectivity index (χ1) is 15.0. The number of benzene rings is 1. The highest BCUT2D eigenvalue weighted by Gasteiger charge is 2.18. The number of hydrogen-bond acceptors (Lipinski definition) is 5. The summed E-state index contributed by atoms with van der Waals surface area (Å²) in [6.45, 7) is 6.16. The number of nitrogens with one attached hydrogen (secondary N) is 1. The maximum atomic E-state index is 13.2. The second-order valence-corrected chi connectivity index (χ2v) is 8.33. The fraction of sp³-hybridized carbons (Fsp3) is 0.167. The second kappa shape index (κ2) is 9.14. The zero-order valence-electron chi connectivity index (χ0n) is 17.6. The van der Waals surface area contributed by atoms with Crippen LogP contribution in [0.25, 0.3) is 0 Å². The highest BCUT2D eigenvalue weighted by Crippen LogP contribution is 2.32. The van der Waals surface area contributed by atoms with E-state index in [0.717, 1.165) is 16.0 Å². The topological polar surface area (TPSA) is 72.7 Å². The van der Waals surface area contributed by atoms with Crippen molar-refractivity contribution in [1.82, 2.24) is 19.7 Å². The van der Waals surface area contributed by atoms with Gasteiger partial charge in [-0.2, -0.15) is 5.10 Å². The van der Waals surface area contributed by atoms with Crippen LogP contribution in [0.5, 0.6) is 0 Å². The van der Waals surface area contributed by atoms with E-state index in [4.69, 9.17) is 0 Å². The highest BCUT2D eigenvalue weighted by molar-refractivity contribution is 7.99. The quantitative estimate of drug-likeness (QED) is 0.450. The number of rotatable bonds is 6. The van der Waals surface area contributed by atoms with Gasteiger partial charge in [0.15, 0.2) is 0 Å². The number of carbonyl (C=O) groups is 1. The Morgan fingerprint density at radius 3 is 2.61 bits per heavy atom. The summed E-state index contributed by atoms with van der Waals surface area (Å²) in [5.74, 6) is 0.407. The lowest BCUT2D eigenvalue weighted by molar-refractivity contribution is 0.102. The van der Waals surface area contributed by atoms with Crippen LogP contribution in [0.3, 0.4) is 0 Å². The summed E-state index contributed by atoms with van der Waals surface area (Å²) in [5.41, 5.74) is 3.95. The zero-order chi connectivity index (χ0) is 21.8. The Hall–Kier alpha value is -3.45. The van der Waals surface area contributed by atoms with Crippen LogP contribution >= 0.6 is 11.8 Å². The minimum Gasteiger partial charge on any atom is -0.307 e. The van der Waals surface area contributed by atoms with Crippen LogP contribution in [0.4, 0.5) is 5.82 Å². The standard InChI is InChI=1S/C24H23N5OS/c1-16-6-7-21(17(2)15-16)31-24-20(5-4-11-26-24)23(30)28-22-10-14-27-29(22)18(3)19-8-12-25-13-9-19/h4-15,18H,1-3H3,(H,28,30). The molecule has 3 heterocycles. The molecule has 4 aromatic rings. The highest BCUT2D eigenvalue weighted by atomic mass is 32.2. The van der Waals surface area contributed by atoms with Gasteiger partial charge < -0.3 is 5.32 Å². The summed E-state index contributed by atoms with van der Waals surface area (Å²) >= 11 is 1.50. The first-order valence-corrected chi connectivity index (χ1v) is 10.8. The average molecular weight is 430 g/mol. The van der Waals surface area contributed by atoms with Crippen LogP contribution in [-0.2, 0) is 0 Å². The molecule has 0 aliphatic carbocycles. The lowest BCUT2D eigenvalue weighted by Gasteiger charge is -2.17. The van der Waals surface area contributed by atoms with Crippen molar-refractivity contribution in [3.05, 3.63) is 95.6 Å². The number of pyridine rings is 2. The Balaban J connectivity index is 1.58. The average Bonchev–Trinajstić information content (AvgIpc) is 3.24. The molecule has 1 atom stereocenters. The third kappa shape index (κ3) is 4.67. The number of aryl methyl sites for hydroxylation is 2. The van der Waals surface area contributed by atoms with Crippen molar-refractivity contribution in [2.75, 3.05) is 5.32 Å². The number of amides is 1. The van der Waals surface area contributed by atoms with E-state index in [-0.39, 0.29) is 11.9 Å². The summed E-state index contributed by atoms with van der Waals surface area (Å²) in [6, 6.07) is 15.5. The minimum atomic E-state index is -0.218. The smallest absolute Gasteiger partial charge is 0.259 e. The van der Waals surface area contributed by atoms with Gasteiger partial charge in [-0.05, 0) is 62.2 Å². The van der Waals surface area contributed by atoms with Crippen molar-refractivity contribution in [1.29, 1.82) is 0 Å². The predicted octanol–water partition coefficient (Wildman–Crippen LogP) is 5.30. The number of anilines is 1. The van der Waals surface area contributed by atoms with Crippen LogP contribution in [0.1, 0.15) is 40.0 Å². The summed E-state index contributed by atoms with van der Waals surface area (Å²) in [7, 11) is 0. The Labute approximate surface area is 185 Å². The van der Waals surface area contributed by atoms with Gasteiger partial charge in [0.2, 0.25) is 0 Å². The van der Waals surface area contributed by atoms with Gasteiger partial charge >= 0.3 is 0 Å². The van der Waals surface area contributed by atoms with Gasteiger partial charge in [-0.25, -0.2) is 9.67 Å². The van der Waals surface area contributed by atoms with E-state index in [9.17, 15) is 4.79 Å². The van der Waals surface area contributed by atoms with Gasteiger partial charge in [0.05, 0.1) is 17.8 Å². The number of carbonyl (C=O) groups excluding carboxylic acids is 1. The molecule has 0 aliphatic rings. The molecule has 0 saturated heterocycles. The maximum Gasteiger partial charge on any atom is 0.259 e. The van der Waals surface area contributed by atoms with Gasteiger partial charge in [-0.1, -0.05) is 29.5 Å². The molecule has 0 radical (unpaired) electrons. The Kier molecular flexibility index (Phi) is 6.13. The number of hydrogen-bond donors (Lipinski definition) is 1. The summed E-state index contributed by atoms with van der Waals surface area (Å²) < 4.78 is 1.79. The molecule has 6 nitrogen and oxygen atoms in total. The van der Waals surface area contributed by atoms with Gasteiger partial charge in [0.25, 0.3) is 5.91 Å².